The quantitative estimate of drug-likeness (QED) is 0.865. The second-order valence-electron chi connectivity index (χ2n) is 6.88. The number of nitrogens with zero attached hydrogens (tertiary/aromatic N) is 4. The van der Waals surface area contributed by atoms with E-state index in [0.717, 1.165) is 56.0 Å². The van der Waals surface area contributed by atoms with E-state index in [1.165, 1.54) is 0 Å². The number of hydrogen-bond acceptors (Lipinski definition) is 4. The number of benzene rings is 1. The summed E-state index contributed by atoms with van der Waals surface area (Å²) in [7, 11) is 2.13. The smallest absolute Gasteiger partial charge is 0.239 e. The van der Waals surface area contributed by atoms with Crippen molar-refractivity contribution in [1.29, 1.82) is 0 Å². The van der Waals surface area contributed by atoms with Gasteiger partial charge in [-0.25, -0.2) is 4.98 Å². The molecular formula is C19H29N5O. The van der Waals surface area contributed by atoms with Crippen LogP contribution in [0.25, 0.3) is 11.0 Å². The molecule has 136 valence electrons. The third-order valence-electron chi connectivity index (χ3n) is 5.19. The minimum atomic E-state index is -0.0516. The second kappa shape index (κ2) is 7.97. The van der Waals surface area contributed by atoms with Gasteiger partial charge in [0.25, 0.3) is 0 Å². The van der Waals surface area contributed by atoms with Gasteiger partial charge in [-0.1, -0.05) is 12.1 Å². The molecule has 6 heteroatoms. The van der Waals surface area contributed by atoms with E-state index in [-0.39, 0.29) is 11.9 Å². The zero-order valence-corrected chi connectivity index (χ0v) is 15.5. The summed E-state index contributed by atoms with van der Waals surface area (Å²) in [6.07, 6.45) is 0.754. The number of piperazine rings is 1. The zero-order chi connectivity index (χ0) is 17.8. The third-order valence-corrected chi connectivity index (χ3v) is 5.19. The van der Waals surface area contributed by atoms with Crippen molar-refractivity contribution < 1.29 is 4.79 Å². The average Bonchev–Trinajstić information content (AvgIpc) is 3.05. The molecule has 1 aromatic carbocycles. The molecule has 1 amide bonds. The normalized spacial score (nSPS) is 17.7. The number of para-hydroxylation sites is 2. The monoisotopic (exact) mass is 343 g/mol. The van der Waals surface area contributed by atoms with Crippen molar-refractivity contribution in [1.82, 2.24) is 24.7 Å². The highest BCUT2D eigenvalue weighted by Gasteiger charge is 2.27. The van der Waals surface area contributed by atoms with Gasteiger partial charge in [0.2, 0.25) is 5.91 Å². The number of likely N-dealkylation sites (N-methyl/N-ethyl adjacent to an activating group) is 2. The predicted molar refractivity (Wildman–Crippen MR) is 101 cm³/mol. The summed E-state index contributed by atoms with van der Waals surface area (Å²) in [5.74, 6) is 1.17. The van der Waals surface area contributed by atoms with Crippen LogP contribution in [0.4, 0.5) is 0 Å². The Bertz CT molecular complexity index is 672. The van der Waals surface area contributed by atoms with Crippen LogP contribution in [0, 0.1) is 0 Å². The maximum atomic E-state index is 12.9. The number of amides is 1. The number of fused-ring (bicyclic) bond motifs is 1. The summed E-state index contributed by atoms with van der Waals surface area (Å²) < 4.78 is 0. The number of aromatic amines is 1. The highest BCUT2D eigenvalue weighted by atomic mass is 16.2. The van der Waals surface area contributed by atoms with Gasteiger partial charge in [-0.3, -0.25) is 9.69 Å². The fourth-order valence-electron chi connectivity index (χ4n) is 3.42. The molecule has 1 N–H and O–H groups in total. The van der Waals surface area contributed by atoms with Crippen molar-refractivity contribution in [2.45, 2.75) is 26.3 Å². The van der Waals surface area contributed by atoms with Crippen molar-refractivity contribution >= 4 is 16.9 Å². The van der Waals surface area contributed by atoms with Gasteiger partial charge in [0.1, 0.15) is 5.82 Å². The summed E-state index contributed by atoms with van der Waals surface area (Å²) >= 11 is 0. The highest BCUT2D eigenvalue weighted by Crippen LogP contribution is 2.12. The Hall–Kier alpha value is -1.92. The molecule has 25 heavy (non-hydrogen) atoms. The van der Waals surface area contributed by atoms with Crippen LogP contribution in [0.2, 0.25) is 0 Å². The van der Waals surface area contributed by atoms with Gasteiger partial charge >= 0.3 is 0 Å². The van der Waals surface area contributed by atoms with Crippen molar-refractivity contribution in [2.24, 2.45) is 0 Å². The first-order valence-corrected chi connectivity index (χ1v) is 9.23. The summed E-state index contributed by atoms with van der Waals surface area (Å²) in [6.45, 7) is 9.51. The lowest BCUT2D eigenvalue weighted by Gasteiger charge is -2.37. The van der Waals surface area contributed by atoms with Gasteiger partial charge in [-0.2, -0.15) is 0 Å². The first kappa shape index (κ1) is 17.9. The molecule has 1 fully saturated rings. The molecule has 0 spiro atoms. The fourth-order valence-corrected chi connectivity index (χ4v) is 3.42. The van der Waals surface area contributed by atoms with Gasteiger partial charge in [0.15, 0.2) is 0 Å². The number of aromatic nitrogens is 2. The van der Waals surface area contributed by atoms with E-state index in [9.17, 15) is 4.79 Å². The predicted octanol–water partition coefficient (Wildman–Crippen LogP) is 1.59. The molecule has 0 radical (unpaired) electrons. The minimum Gasteiger partial charge on any atom is -0.342 e. The molecule has 0 saturated carbocycles. The Kier molecular flexibility index (Phi) is 5.71. The third kappa shape index (κ3) is 4.19. The molecule has 6 nitrogen and oxygen atoms in total. The van der Waals surface area contributed by atoms with Crippen LogP contribution >= 0.6 is 0 Å². The molecule has 1 aliphatic rings. The van der Waals surface area contributed by atoms with E-state index < -0.39 is 0 Å². The number of carbonyl (C=O) groups excluding carboxylic acids is 1. The molecule has 1 aromatic heterocycles. The molecular weight excluding hydrogens is 314 g/mol. The van der Waals surface area contributed by atoms with E-state index in [2.05, 4.69) is 26.8 Å². The number of carbonyl (C=O) groups is 1. The Labute approximate surface area is 149 Å². The summed E-state index contributed by atoms with van der Waals surface area (Å²) in [4.78, 5) is 27.4. The molecule has 1 saturated heterocycles. The molecule has 0 aliphatic carbocycles. The van der Waals surface area contributed by atoms with Gasteiger partial charge < -0.3 is 14.8 Å². The first-order chi connectivity index (χ1) is 12.1. The Morgan fingerprint density at radius 1 is 1.28 bits per heavy atom. The van der Waals surface area contributed by atoms with Crippen molar-refractivity contribution in [3.63, 3.8) is 0 Å². The minimum absolute atomic E-state index is 0.0516. The van der Waals surface area contributed by atoms with Crippen molar-refractivity contribution in [3.05, 3.63) is 30.1 Å². The fraction of sp³-hybridized carbons (Fsp3) is 0.579. The van der Waals surface area contributed by atoms with Crippen LogP contribution in [0.3, 0.4) is 0 Å². The lowest BCUT2D eigenvalue weighted by atomic mass is 10.2. The number of imidazole rings is 1. The molecule has 0 unspecified atom stereocenters. The number of rotatable bonds is 6. The molecule has 1 atom stereocenters. The molecule has 0 bridgehead atoms. The van der Waals surface area contributed by atoms with Gasteiger partial charge in [0, 0.05) is 45.7 Å². The van der Waals surface area contributed by atoms with Crippen LogP contribution in [-0.4, -0.2) is 82.9 Å². The van der Waals surface area contributed by atoms with E-state index in [1.807, 2.05) is 43.0 Å². The maximum Gasteiger partial charge on any atom is 0.239 e. The summed E-state index contributed by atoms with van der Waals surface area (Å²) in [5.41, 5.74) is 2.04. The number of nitrogens with one attached hydrogen (secondary N) is 1. The standard InChI is InChI=1S/C19H29N5O/c1-4-23(19(25)15(2)24-13-11-22(3)12-14-24)10-9-18-20-16-7-5-6-8-17(16)21-18/h5-8,15H,4,9-14H2,1-3H3,(H,20,21)/t15-/m0/s1. The van der Waals surface area contributed by atoms with E-state index >= 15 is 0 Å². The highest BCUT2D eigenvalue weighted by molar-refractivity contribution is 5.81. The van der Waals surface area contributed by atoms with Gasteiger partial charge in [0.05, 0.1) is 17.1 Å². The number of hydrogen-bond donors (Lipinski definition) is 1. The SMILES string of the molecule is CCN(CCc1nc2ccccc2[nH]1)C(=O)[C@H](C)N1CCN(C)CC1. The summed E-state index contributed by atoms with van der Waals surface area (Å²) in [5, 5.41) is 0. The lowest BCUT2D eigenvalue weighted by Crippen LogP contribution is -2.54. The van der Waals surface area contributed by atoms with Gasteiger partial charge in [-0.05, 0) is 33.0 Å². The van der Waals surface area contributed by atoms with Crippen LogP contribution in [-0.2, 0) is 11.2 Å². The zero-order valence-electron chi connectivity index (χ0n) is 15.5. The Morgan fingerprint density at radius 2 is 2.00 bits per heavy atom. The Balaban J connectivity index is 1.58. The molecule has 1 aliphatic heterocycles. The second-order valence-corrected chi connectivity index (χ2v) is 6.88. The number of H-pyrrole nitrogens is 1. The van der Waals surface area contributed by atoms with Crippen molar-refractivity contribution in [3.8, 4) is 0 Å². The maximum absolute atomic E-state index is 12.9. The van der Waals surface area contributed by atoms with E-state index in [1.54, 1.807) is 0 Å². The topological polar surface area (TPSA) is 55.5 Å². The van der Waals surface area contributed by atoms with Crippen LogP contribution in [0.15, 0.2) is 24.3 Å². The lowest BCUT2D eigenvalue weighted by molar-refractivity contribution is -0.136. The largest absolute Gasteiger partial charge is 0.342 e. The van der Waals surface area contributed by atoms with Gasteiger partial charge in [-0.15, -0.1) is 0 Å². The van der Waals surface area contributed by atoms with Crippen LogP contribution in [0.1, 0.15) is 19.7 Å². The average molecular weight is 343 g/mol. The van der Waals surface area contributed by atoms with Crippen molar-refractivity contribution in [2.75, 3.05) is 46.3 Å². The molecule has 2 aromatic rings. The van der Waals surface area contributed by atoms with Crippen LogP contribution < -0.4 is 0 Å². The van der Waals surface area contributed by atoms with Crippen LogP contribution in [0.5, 0.6) is 0 Å². The Morgan fingerprint density at radius 3 is 2.68 bits per heavy atom. The molecule has 3 rings (SSSR count). The first-order valence-electron chi connectivity index (χ1n) is 9.23. The van der Waals surface area contributed by atoms with E-state index in [0.29, 0.717) is 6.54 Å². The van der Waals surface area contributed by atoms with E-state index in [4.69, 9.17) is 0 Å². The summed E-state index contributed by atoms with van der Waals surface area (Å²) in [6, 6.07) is 7.98. The molecule has 2 heterocycles.